The lowest BCUT2D eigenvalue weighted by atomic mass is 10.2. The quantitative estimate of drug-likeness (QED) is 0.586. The van der Waals surface area contributed by atoms with E-state index in [1.807, 2.05) is 0 Å². The van der Waals surface area contributed by atoms with E-state index in [0.29, 0.717) is 12.4 Å². The van der Waals surface area contributed by atoms with Crippen LogP contribution in [0.1, 0.15) is 6.42 Å². The summed E-state index contributed by atoms with van der Waals surface area (Å²) in [5, 5.41) is 14.5. The van der Waals surface area contributed by atoms with Crippen LogP contribution in [0.4, 0.5) is 0 Å². The minimum atomic E-state index is -1.03. The Balaban J connectivity index is 2.42. The van der Waals surface area contributed by atoms with Gasteiger partial charge in [0.15, 0.2) is 0 Å². The van der Waals surface area contributed by atoms with Gasteiger partial charge in [-0.2, -0.15) is 11.8 Å². The Morgan fingerprint density at radius 2 is 2.41 bits per heavy atom. The third-order valence-corrected chi connectivity index (χ3v) is 3.53. The fourth-order valence-electron chi connectivity index (χ4n) is 1.50. The number of hydrogen-bond acceptors (Lipinski definition) is 5. The van der Waals surface area contributed by atoms with Gasteiger partial charge in [-0.15, -0.1) is 0 Å². The molecule has 1 aliphatic rings. The van der Waals surface area contributed by atoms with Crippen LogP contribution in [0.3, 0.4) is 0 Å². The predicted octanol–water partition coefficient (Wildman–Crippen LogP) is -0.703. The molecule has 0 bridgehead atoms. The number of carbonyl (C=O) groups is 2. The summed E-state index contributed by atoms with van der Waals surface area (Å²) >= 11 is 1.69. The molecule has 1 rings (SSSR count). The van der Waals surface area contributed by atoms with Crippen LogP contribution in [-0.2, 0) is 14.3 Å². The zero-order chi connectivity index (χ0) is 12.7. The van der Waals surface area contributed by atoms with Gasteiger partial charge in [-0.05, 0) is 0 Å². The number of rotatable bonds is 6. The minimum Gasteiger partial charge on any atom is -0.480 e. The lowest BCUT2D eigenvalue weighted by Gasteiger charge is -2.24. The standard InChI is InChI=1S/C10H18N2O4S/c1-16-4-2-7(10(14)15)12-9(13)8-6-17-5-3-11-8/h7-8,11H,2-6H2,1H3,(H,12,13)(H,14,15). The van der Waals surface area contributed by atoms with E-state index in [4.69, 9.17) is 9.84 Å². The highest BCUT2D eigenvalue weighted by Crippen LogP contribution is 2.08. The van der Waals surface area contributed by atoms with E-state index >= 15 is 0 Å². The molecule has 1 aliphatic heterocycles. The Bertz CT molecular complexity index is 269. The first-order valence-electron chi connectivity index (χ1n) is 5.48. The number of carboxylic acids is 1. The van der Waals surface area contributed by atoms with Crippen LogP contribution in [0.15, 0.2) is 0 Å². The molecule has 7 heteroatoms. The molecule has 0 aromatic rings. The number of carboxylic acid groups (broad SMARTS) is 1. The zero-order valence-corrected chi connectivity index (χ0v) is 10.6. The number of nitrogens with one attached hydrogen (secondary N) is 2. The van der Waals surface area contributed by atoms with E-state index in [-0.39, 0.29) is 18.4 Å². The van der Waals surface area contributed by atoms with Crippen molar-refractivity contribution in [2.75, 3.05) is 31.8 Å². The smallest absolute Gasteiger partial charge is 0.326 e. The molecular weight excluding hydrogens is 244 g/mol. The van der Waals surface area contributed by atoms with Crippen molar-refractivity contribution in [1.82, 2.24) is 10.6 Å². The summed E-state index contributed by atoms with van der Waals surface area (Å²) in [5.74, 6) is 0.387. The van der Waals surface area contributed by atoms with Crippen LogP contribution in [0.2, 0.25) is 0 Å². The van der Waals surface area contributed by atoms with Crippen molar-refractivity contribution in [2.24, 2.45) is 0 Å². The van der Waals surface area contributed by atoms with Gasteiger partial charge in [0, 0.05) is 38.2 Å². The molecule has 1 saturated heterocycles. The lowest BCUT2D eigenvalue weighted by molar-refractivity contribution is -0.142. The van der Waals surface area contributed by atoms with Crippen LogP contribution in [0.5, 0.6) is 0 Å². The molecule has 1 heterocycles. The minimum absolute atomic E-state index is 0.249. The Morgan fingerprint density at radius 3 is 2.94 bits per heavy atom. The molecule has 98 valence electrons. The van der Waals surface area contributed by atoms with E-state index in [2.05, 4.69) is 10.6 Å². The molecule has 0 aromatic carbocycles. The van der Waals surface area contributed by atoms with Crippen LogP contribution in [0, 0.1) is 0 Å². The summed E-state index contributed by atoms with van der Waals surface area (Å²) in [4.78, 5) is 22.7. The van der Waals surface area contributed by atoms with Gasteiger partial charge in [0.1, 0.15) is 6.04 Å². The average molecular weight is 262 g/mol. The van der Waals surface area contributed by atoms with E-state index in [1.165, 1.54) is 7.11 Å². The molecule has 17 heavy (non-hydrogen) atoms. The maximum absolute atomic E-state index is 11.8. The van der Waals surface area contributed by atoms with Crippen molar-refractivity contribution >= 4 is 23.6 Å². The molecule has 0 saturated carbocycles. The second kappa shape index (κ2) is 7.52. The van der Waals surface area contributed by atoms with E-state index in [9.17, 15) is 9.59 Å². The first-order valence-corrected chi connectivity index (χ1v) is 6.64. The third kappa shape index (κ3) is 4.93. The molecule has 0 radical (unpaired) electrons. The SMILES string of the molecule is COCCC(NC(=O)C1CSCCN1)C(=O)O. The number of methoxy groups -OCH3 is 1. The molecular formula is C10H18N2O4S. The Labute approximate surface area is 104 Å². The summed E-state index contributed by atoms with van der Waals surface area (Å²) in [6.45, 7) is 1.09. The number of aliphatic carboxylic acids is 1. The molecule has 1 fully saturated rings. The average Bonchev–Trinajstić information content (AvgIpc) is 2.35. The van der Waals surface area contributed by atoms with Gasteiger partial charge < -0.3 is 20.5 Å². The Hall–Kier alpha value is -0.790. The van der Waals surface area contributed by atoms with Gasteiger partial charge in [0.2, 0.25) is 5.91 Å². The van der Waals surface area contributed by atoms with Gasteiger partial charge in [0.05, 0.1) is 6.04 Å². The first kappa shape index (κ1) is 14.3. The van der Waals surface area contributed by atoms with Gasteiger partial charge in [-0.25, -0.2) is 4.79 Å². The molecule has 0 aromatic heterocycles. The second-order valence-electron chi connectivity index (χ2n) is 3.76. The van der Waals surface area contributed by atoms with Crippen LogP contribution >= 0.6 is 11.8 Å². The van der Waals surface area contributed by atoms with Gasteiger partial charge >= 0.3 is 5.97 Å². The van der Waals surface area contributed by atoms with Gasteiger partial charge in [-0.1, -0.05) is 0 Å². The van der Waals surface area contributed by atoms with Crippen molar-refractivity contribution in [3.05, 3.63) is 0 Å². The van der Waals surface area contributed by atoms with E-state index in [1.54, 1.807) is 11.8 Å². The summed E-state index contributed by atoms with van der Waals surface area (Å²) in [6, 6.07) is -1.17. The summed E-state index contributed by atoms with van der Waals surface area (Å²) in [5.41, 5.74) is 0. The lowest BCUT2D eigenvalue weighted by Crippen LogP contribution is -2.53. The molecule has 1 amide bonds. The Kier molecular flexibility index (Phi) is 6.31. The maximum atomic E-state index is 11.8. The predicted molar refractivity (Wildman–Crippen MR) is 65.2 cm³/mol. The number of ether oxygens (including phenoxy) is 1. The summed E-state index contributed by atoms with van der Waals surface area (Å²) in [6.07, 6.45) is 0.275. The second-order valence-corrected chi connectivity index (χ2v) is 4.91. The highest BCUT2D eigenvalue weighted by atomic mass is 32.2. The van der Waals surface area contributed by atoms with Crippen LogP contribution in [0.25, 0.3) is 0 Å². The van der Waals surface area contributed by atoms with Crippen molar-refractivity contribution in [1.29, 1.82) is 0 Å². The van der Waals surface area contributed by atoms with Crippen LogP contribution < -0.4 is 10.6 Å². The fourth-order valence-corrected chi connectivity index (χ4v) is 2.43. The molecule has 2 atom stereocenters. The van der Waals surface area contributed by atoms with Crippen molar-refractivity contribution in [3.63, 3.8) is 0 Å². The highest BCUT2D eigenvalue weighted by Gasteiger charge is 2.26. The summed E-state index contributed by atoms with van der Waals surface area (Å²) < 4.78 is 4.82. The largest absolute Gasteiger partial charge is 0.480 e. The normalized spacial score (nSPS) is 21.8. The number of thioether (sulfide) groups is 1. The molecule has 3 N–H and O–H groups in total. The first-order chi connectivity index (χ1) is 8.15. The highest BCUT2D eigenvalue weighted by molar-refractivity contribution is 7.99. The van der Waals surface area contributed by atoms with Crippen LogP contribution in [-0.4, -0.2) is 60.8 Å². The Morgan fingerprint density at radius 1 is 1.65 bits per heavy atom. The van der Waals surface area contributed by atoms with Crippen molar-refractivity contribution in [3.8, 4) is 0 Å². The van der Waals surface area contributed by atoms with Crippen molar-refractivity contribution < 1.29 is 19.4 Å². The molecule has 6 nitrogen and oxygen atoms in total. The number of carbonyl (C=O) groups excluding carboxylic acids is 1. The van der Waals surface area contributed by atoms with Crippen molar-refractivity contribution in [2.45, 2.75) is 18.5 Å². The molecule has 2 unspecified atom stereocenters. The number of hydrogen-bond donors (Lipinski definition) is 3. The van der Waals surface area contributed by atoms with E-state index < -0.39 is 12.0 Å². The third-order valence-electron chi connectivity index (χ3n) is 2.46. The number of amides is 1. The fraction of sp³-hybridized carbons (Fsp3) is 0.800. The molecule has 0 spiro atoms. The monoisotopic (exact) mass is 262 g/mol. The topological polar surface area (TPSA) is 87.7 Å². The summed E-state index contributed by atoms with van der Waals surface area (Å²) in [7, 11) is 1.50. The van der Waals surface area contributed by atoms with Gasteiger partial charge in [0.25, 0.3) is 0 Å². The molecule has 0 aliphatic carbocycles. The zero-order valence-electron chi connectivity index (χ0n) is 9.77. The van der Waals surface area contributed by atoms with Gasteiger partial charge in [-0.3, -0.25) is 4.79 Å². The maximum Gasteiger partial charge on any atom is 0.326 e. The van der Waals surface area contributed by atoms with E-state index in [0.717, 1.165) is 12.3 Å².